The van der Waals surface area contributed by atoms with Gasteiger partial charge in [0.25, 0.3) is 5.91 Å². The van der Waals surface area contributed by atoms with Gasteiger partial charge in [-0.2, -0.15) is 0 Å². The van der Waals surface area contributed by atoms with Crippen LogP contribution in [-0.4, -0.2) is 24.3 Å². The van der Waals surface area contributed by atoms with Crippen LogP contribution in [0.5, 0.6) is 0 Å². The van der Waals surface area contributed by atoms with Crippen LogP contribution in [-0.2, 0) is 20.7 Å². The van der Waals surface area contributed by atoms with Crippen molar-refractivity contribution in [2.45, 2.75) is 25.3 Å². The van der Waals surface area contributed by atoms with Crippen molar-refractivity contribution >= 4 is 29.0 Å². The second-order valence-corrected chi connectivity index (χ2v) is 7.73. The van der Waals surface area contributed by atoms with E-state index in [1.54, 1.807) is 12.1 Å². The van der Waals surface area contributed by atoms with E-state index in [1.165, 1.54) is 11.3 Å². The van der Waals surface area contributed by atoms with Crippen molar-refractivity contribution in [1.82, 2.24) is 5.32 Å². The Bertz CT molecular complexity index is 955. The number of hydrogen-bond donors (Lipinski definition) is 1. The summed E-state index contributed by atoms with van der Waals surface area (Å²) in [5.74, 6) is -1.04. The summed E-state index contributed by atoms with van der Waals surface area (Å²) in [6.07, 6.45) is 0.650. The molecule has 1 heterocycles. The summed E-state index contributed by atoms with van der Waals surface area (Å²) < 4.78 is 5.06. The zero-order valence-corrected chi connectivity index (χ0v) is 17.3. The third-order valence-electron chi connectivity index (χ3n) is 4.54. The molecule has 3 rings (SSSR count). The number of ketones is 1. The van der Waals surface area contributed by atoms with Gasteiger partial charge in [0, 0.05) is 6.42 Å². The lowest BCUT2D eigenvalue weighted by Gasteiger charge is -2.19. The van der Waals surface area contributed by atoms with E-state index in [0.29, 0.717) is 11.3 Å². The van der Waals surface area contributed by atoms with Crippen LogP contribution in [0.15, 0.2) is 78.2 Å². The minimum Gasteiger partial charge on any atom is -0.456 e. The van der Waals surface area contributed by atoms with Gasteiger partial charge in [0.2, 0.25) is 0 Å². The third-order valence-corrected chi connectivity index (χ3v) is 5.45. The summed E-state index contributed by atoms with van der Waals surface area (Å²) in [7, 11) is 0. The van der Waals surface area contributed by atoms with Gasteiger partial charge >= 0.3 is 5.97 Å². The first kappa shape index (κ1) is 21.5. The predicted molar refractivity (Wildman–Crippen MR) is 116 cm³/mol. The SMILES string of the molecule is O=C(COC(=O)CCC(=O)c1cccs1)N[C@H](Cc1ccccc1)c1ccccc1. The van der Waals surface area contributed by atoms with E-state index in [2.05, 4.69) is 5.32 Å². The van der Waals surface area contributed by atoms with Crippen LogP contribution < -0.4 is 5.32 Å². The lowest BCUT2D eigenvalue weighted by molar-refractivity contribution is -0.148. The molecule has 0 radical (unpaired) electrons. The molecule has 0 spiro atoms. The number of hydrogen-bond acceptors (Lipinski definition) is 5. The molecule has 0 aliphatic carbocycles. The molecule has 30 heavy (non-hydrogen) atoms. The second kappa shape index (κ2) is 11.1. The van der Waals surface area contributed by atoms with Gasteiger partial charge in [0.1, 0.15) is 0 Å². The number of ether oxygens (including phenoxy) is 1. The van der Waals surface area contributed by atoms with Crippen LogP contribution in [0.2, 0.25) is 0 Å². The van der Waals surface area contributed by atoms with Crippen LogP contribution in [0.25, 0.3) is 0 Å². The van der Waals surface area contributed by atoms with E-state index in [1.807, 2.05) is 66.0 Å². The topological polar surface area (TPSA) is 72.5 Å². The molecule has 0 saturated heterocycles. The number of thiophene rings is 1. The second-order valence-electron chi connectivity index (χ2n) is 6.78. The molecule has 0 saturated carbocycles. The first-order valence-electron chi connectivity index (χ1n) is 9.72. The molecule has 1 aromatic heterocycles. The fourth-order valence-electron chi connectivity index (χ4n) is 3.02. The minimum absolute atomic E-state index is 0.0455. The molecular weight excluding hydrogens is 398 g/mol. The maximum atomic E-state index is 12.4. The van der Waals surface area contributed by atoms with Gasteiger partial charge in [-0.15, -0.1) is 11.3 Å². The number of carbonyl (C=O) groups excluding carboxylic acids is 3. The molecular formula is C24H23NO4S. The molecule has 1 N–H and O–H groups in total. The average molecular weight is 422 g/mol. The molecule has 3 aromatic rings. The van der Waals surface area contributed by atoms with Gasteiger partial charge in [0.15, 0.2) is 12.4 Å². The minimum atomic E-state index is -0.561. The van der Waals surface area contributed by atoms with Crippen molar-refractivity contribution in [1.29, 1.82) is 0 Å². The highest BCUT2D eigenvalue weighted by Crippen LogP contribution is 2.18. The number of amides is 1. The molecule has 0 unspecified atom stereocenters. The summed E-state index contributed by atoms with van der Waals surface area (Å²) in [5.41, 5.74) is 2.07. The van der Waals surface area contributed by atoms with Crippen molar-refractivity contribution < 1.29 is 19.1 Å². The van der Waals surface area contributed by atoms with Crippen molar-refractivity contribution in [3.63, 3.8) is 0 Å². The largest absolute Gasteiger partial charge is 0.456 e. The molecule has 1 atom stereocenters. The Morgan fingerprint density at radius 2 is 1.57 bits per heavy atom. The molecule has 0 aliphatic rings. The number of carbonyl (C=O) groups is 3. The Hall–Kier alpha value is -3.25. The van der Waals surface area contributed by atoms with Crippen LogP contribution in [0.4, 0.5) is 0 Å². The zero-order chi connectivity index (χ0) is 21.2. The number of rotatable bonds is 10. The maximum Gasteiger partial charge on any atom is 0.306 e. The van der Waals surface area contributed by atoms with Gasteiger partial charge in [-0.1, -0.05) is 66.7 Å². The Labute approximate surface area is 179 Å². The molecule has 154 valence electrons. The maximum absolute atomic E-state index is 12.4. The number of benzene rings is 2. The van der Waals surface area contributed by atoms with E-state index < -0.39 is 5.97 Å². The first-order chi connectivity index (χ1) is 14.6. The number of Topliss-reactive ketones (excluding diaryl/α,β-unsaturated/α-hetero) is 1. The molecule has 0 bridgehead atoms. The van der Waals surface area contributed by atoms with Crippen molar-refractivity contribution in [2.75, 3.05) is 6.61 Å². The van der Waals surface area contributed by atoms with Crippen molar-refractivity contribution in [3.8, 4) is 0 Å². The highest BCUT2D eigenvalue weighted by Gasteiger charge is 2.17. The fraction of sp³-hybridized carbons (Fsp3) is 0.208. The van der Waals surface area contributed by atoms with Gasteiger partial charge in [-0.3, -0.25) is 14.4 Å². The fourth-order valence-corrected chi connectivity index (χ4v) is 3.71. The van der Waals surface area contributed by atoms with E-state index >= 15 is 0 Å². The Balaban J connectivity index is 1.50. The summed E-state index contributed by atoms with van der Waals surface area (Å²) >= 11 is 1.34. The summed E-state index contributed by atoms with van der Waals surface area (Å²) in [4.78, 5) is 36.9. The van der Waals surface area contributed by atoms with Gasteiger partial charge in [-0.25, -0.2) is 0 Å². The average Bonchev–Trinajstić information content (AvgIpc) is 3.32. The van der Waals surface area contributed by atoms with Crippen molar-refractivity contribution in [3.05, 3.63) is 94.2 Å². The molecule has 6 heteroatoms. The van der Waals surface area contributed by atoms with Gasteiger partial charge in [0.05, 0.1) is 17.3 Å². The van der Waals surface area contributed by atoms with E-state index in [-0.39, 0.29) is 37.2 Å². The van der Waals surface area contributed by atoms with E-state index in [4.69, 9.17) is 4.74 Å². The quantitative estimate of drug-likeness (QED) is 0.390. The monoisotopic (exact) mass is 421 g/mol. The Kier molecular flexibility index (Phi) is 7.92. The highest BCUT2D eigenvalue weighted by atomic mass is 32.1. The molecule has 1 amide bonds. The Morgan fingerprint density at radius 3 is 2.23 bits per heavy atom. The zero-order valence-electron chi connectivity index (χ0n) is 16.5. The normalized spacial score (nSPS) is 11.5. The number of esters is 1. The van der Waals surface area contributed by atoms with Crippen LogP contribution in [0.3, 0.4) is 0 Å². The van der Waals surface area contributed by atoms with E-state index in [0.717, 1.165) is 11.1 Å². The molecule has 0 fully saturated rings. The predicted octanol–water partition coefficient (Wildman–Crippen LogP) is 4.35. The number of nitrogens with one attached hydrogen (secondary N) is 1. The standard InChI is InChI=1S/C24H23NO4S/c26-21(22-12-7-15-30-22)13-14-24(28)29-17-23(27)25-20(19-10-5-2-6-11-19)16-18-8-3-1-4-9-18/h1-12,15,20H,13-14,16-17H2,(H,25,27)/t20-/m1/s1. The van der Waals surface area contributed by atoms with Crippen molar-refractivity contribution in [2.24, 2.45) is 0 Å². The van der Waals surface area contributed by atoms with E-state index in [9.17, 15) is 14.4 Å². The molecule has 5 nitrogen and oxygen atoms in total. The first-order valence-corrected chi connectivity index (χ1v) is 10.6. The summed E-state index contributed by atoms with van der Waals surface area (Å²) in [6.45, 7) is -0.371. The van der Waals surface area contributed by atoms with Crippen LogP contribution >= 0.6 is 11.3 Å². The Morgan fingerprint density at radius 1 is 0.867 bits per heavy atom. The van der Waals surface area contributed by atoms with Gasteiger partial charge in [-0.05, 0) is 29.0 Å². The highest BCUT2D eigenvalue weighted by molar-refractivity contribution is 7.12. The lowest BCUT2D eigenvalue weighted by Crippen LogP contribution is -2.33. The smallest absolute Gasteiger partial charge is 0.306 e. The molecule has 2 aromatic carbocycles. The summed E-state index contributed by atoms with van der Waals surface area (Å²) in [5, 5.41) is 4.76. The third kappa shape index (κ3) is 6.67. The molecule has 0 aliphatic heterocycles. The lowest BCUT2D eigenvalue weighted by atomic mass is 9.99. The van der Waals surface area contributed by atoms with Crippen LogP contribution in [0, 0.1) is 0 Å². The van der Waals surface area contributed by atoms with Gasteiger partial charge < -0.3 is 10.1 Å². The summed E-state index contributed by atoms with van der Waals surface area (Å²) in [6, 6.07) is 22.8. The van der Waals surface area contributed by atoms with Crippen LogP contribution in [0.1, 0.15) is 39.7 Å².